The summed E-state index contributed by atoms with van der Waals surface area (Å²) in [6.45, 7) is 0.666. The van der Waals surface area contributed by atoms with Crippen LogP contribution in [0.4, 0.5) is 0 Å². The van der Waals surface area contributed by atoms with Crippen molar-refractivity contribution in [2.45, 2.75) is 12.8 Å². The van der Waals surface area contributed by atoms with Crippen LogP contribution in [0.5, 0.6) is 0 Å². The maximum absolute atomic E-state index is 11.2. The molecule has 1 saturated carbocycles. The standard InChI is InChI=1S/C8H11NO3/c10-7-5-1-4(3-9-7)2-6(5)8(11)12/h4-6H,1-3H2,(H,9,10)(H,11,12)/t4-,5+,6+/m1/s1. The Labute approximate surface area is 69.9 Å². The second-order valence-electron chi connectivity index (χ2n) is 3.63. The fourth-order valence-electron chi connectivity index (χ4n) is 2.25. The van der Waals surface area contributed by atoms with Crippen LogP contribution in [0.3, 0.4) is 0 Å². The highest BCUT2D eigenvalue weighted by molar-refractivity contribution is 5.86. The van der Waals surface area contributed by atoms with Crippen molar-refractivity contribution in [1.82, 2.24) is 5.32 Å². The van der Waals surface area contributed by atoms with E-state index in [4.69, 9.17) is 5.11 Å². The Morgan fingerprint density at radius 3 is 2.92 bits per heavy atom. The third kappa shape index (κ3) is 0.983. The zero-order valence-corrected chi connectivity index (χ0v) is 6.62. The first-order valence-corrected chi connectivity index (χ1v) is 4.19. The van der Waals surface area contributed by atoms with Crippen LogP contribution >= 0.6 is 0 Å². The van der Waals surface area contributed by atoms with Crippen LogP contribution in [0.15, 0.2) is 0 Å². The predicted molar refractivity (Wildman–Crippen MR) is 40.3 cm³/mol. The average molecular weight is 169 g/mol. The maximum atomic E-state index is 11.2. The van der Waals surface area contributed by atoms with Gasteiger partial charge < -0.3 is 10.4 Å². The van der Waals surface area contributed by atoms with E-state index in [1.807, 2.05) is 0 Å². The zero-order valence-electron chi connectivity index (χ0n) is 6.62. The van der Waals surface area contributed by atoms with Crippen LogP contribution in [0.25, 0.3) is 0 Å². The summed E-state index contributed by atoms with van der Waals surface area (Å²) in [7, 11) is 0. The highest BCUT2D eigenvalue weighted by Gasteiger charge is 2.45. The molecule has 2 fully saturated rings. The number of fused-ring (bicyclic) bond motifs is 2. The van der Waals surface area contributed by atoms with Crippen molar-refractivity contribution in [3.8, 4) is 0 Å². The van der Waals surface area contributed by atoms with Crippen LogP contribution in [0.2, 0.25) is 0 Å². The van der Waals surface area contributed by atoms with E-state index in [0.717, 1.165) is 6.42 Å². The van der Waals surface area contributed by atoms with Gasteiger partial charge in [-0.1, -0.05) is 0 Å². The highest BCUT2D eigenvalue weighted by atomic mass is 16.4. The van der Waals surface area contributed by atoms with Gasteiger partial charge in [0, 0.05) is 6.54 Å². The molecular formula is C8H11NO3. The summed E-state index contributed by atoms with van der Waals surface area (Å²) in [6, 6.07) is 0. The third-order valence-electron chi connectivity index (χ3n) is 2.88. The average Bonchev–Trinajstić information content (AvgIpc) is 2.37. The number of carbonyl (C=O) groups is 2. The summed E-state index contributed by atoms with van der Waals surface area (Å²) < 4.78 is 0. The second-order valence-corrected chi connectivity index (χ2v) is 3.63. The predicted octanol–water partition coefficient (Wildman–Crippen LogP) is -0.157. The molecule has 3 atom stereocenters. The number of carbonyl (C=O) groups excluding carboxylic acids is 1. The Morgan fingerprint density at radius 1 is 1.50 bits per heavy atom. The monoisotopic (exact) mass is 169 g/mol. The van der Waals surface area contributed by atoms with Crippen molar-refractivity contribution < 1.29 is 14.7 Å². The fourth-order valence-corrected chi connectivity index (χ4v) is 2.25. The molecule has 0 spiro atoms. The molecule has 1 aliphatic heterocycles. The van der Waals surface area contributed by atoms with E-state index in [1.165, 1.54) is 0 Å². The first-order chi connectivity index (χ1) is 5.68. The smallest absolute Gasteiger partial charge is 0.307 e. The number of nitrogens with one attached hydrogen (secondary N) is 1. The second kappa shape index (κ2) is 2.47. The minimum atomic E-state index is -0.820. The quantitative estimate of drug-likeness (QED) is 0.573. The molecule has 1 amide bonds. The number of rotatable bonds is 1. The minimum absolute atomic E-state index is 0.0730. The molecule has 1 saturated heterocycles. The molecule has 1 aliphatic carbocycles. The molecule has 66 valence electrons. The lowest BCUT2D eigenvalue weighted by Crippen LogP contribution is -2.39. The molecular weight excluding hydrogens is 158 g/mol. The Hall–Kier alpha value is -1.06. The molecule has 0 aromatic carbocycles. The van der Waals surface area contributed by atoms with Crippen molar-refractivity contribution in [3.63, 3.8) is 0 Å². The van der Waals surface area contributed by atoms with Gasteiger partial charge in [-0.25, -0.2) is 0 Å². The Bertz CT molecular complexity index is 238. The lowest BCUT2D eigenvalue weighted by atomic mass is 9.95. The van der Waals surface area contributed by atoms with Crippen molar-refractivity contribution >= 4 is 11.9 Å². The van der Waals surface area contributed by atoms with E-state index in [2.05, 4.69) is 5.32 Å². The topological polar surface area (TPSA) is 66.4 Å². The molecule has 0 unspecified atom stereocenters. The van der Waals surface area contributed by atoms with Crippen LogP contribution in [0, 0.1) is 17.8 Å². The van der Waals surface area contributed by atoms with Crippen LogP contribution in [-0.4, -0.2) is 23.5 Å². The van der Waals surface area contributed by atoms with E-state index < -0.39 is 11.9 Å². The van der Waals surface area contributed by atoms with E-state index in [1.54, 1.807) is 0 Å². The van der Waals surface area contributed by atoms with Gasteiger partial charge in [0.2, 0.25) is 5.91 Å². The third-order valence-corrected chi connectivity index (χ3v) is 2.88. The van der Waals surface area contributed by atoms with Gasteiger partial charge in [0.1, 0.15) is 0 Å². The summed E-state index contributed by atoms with van der Waals surface area (Å²) >= 11 is 0. The van der Waals surface area contributed by atoms with E-state index in [-0.39, 0.29) is 11.8 Å². The molecule has 4 heteroatoms. The summed E-state index contributed by atoms with van der Waals surface area (Å²) in [5, 5.41) is 11.5. The minimum Gasteiger partial charge on any atom is -0.481 e. The number of hydrogen-bond donors (Lipinski definition) is 2. The van der Waals surface area contributed by atoms with Gasteiger partial charge in [-0.15, -0.1) is 0 Å². The molecule has 0 aromatic heterocycles. The molecule has 2 bridgehead atoms. The lowest BCUT2D eigenvalue weighted by molar-refractivity contribution is -0.145. The largest absolute Gasteiger partial charge is 0.481 e. The van der Waals surface area contributed by atoms with Crippen molar-refractivity contribution in [2.24, 2.45) is 17.8 Å². The number of amides is 1. The Balaban J connectivity index is 2.19. The van der Waals surface area contributed by atoms with Gasteiger partial charge >= 0.3 is 5.97 Å². The number of hydrogen-bond acceptors (Lipinski definition) is 2. The number of aliphatic carboxylic acids is 1. The Kier molecular flexibility index (Phi) is 1.56. The normalized spacial score (nSPS) is 39.3. The molecule has 4 nitrogen and oxygen atoms in total. The van der Waals surface area contributed by atoms with Crippen molar-refractivity contribution in [2.75, 3.05) is 6.54 Å². The first kappa shape index (κ1) is 7.58. The van der Waals surface area contributed by atoms with Gasteiger partial charge in [-0.2, -0.15) is 0 Å². The summed E-state index contributed by atoms with van der Waals surface area (Å²) in [5.41, 5.74) is 0. The van der Waals surface area contributed by atoms with E-state index in [0.29, 0.717) is 18.9 Å². The van der Waals surface area contributed by atoms with Crippen molar-refractivity contribution in [1.29, 1.82) is 0 Å². The molecule has 1 heterocycles. The molecule has 0 radical (unpaired) electrons. The Morgan fingerprint density at radius 2 is 2.25 bits per heavy atom. The van der Waals surface area contributed by atoms with Gasteiger partial charge in [0.05, 0.1) is 11.8 Å². The number of piperidine rings is 1. The van der Waals surface area contributed by atoms with Gasteiger partial charge in [0.25, 0.3) is 0 Å². The molecule has 2 rings (SSSR count). The highest BCUT2D eigenvalue weighted by Crippen LogP contribution is 2.38. The van der Waals surface area contributed by atoms with Crippen molar-refractivity contribution in [3.05, 3.63) is 0 Å². The fraction of sp³-hybridized carbons (Fsp3) is 0.750. The number of carboxylic acid groups (broad SMARTS) is 1. The molecule has 0 aromatic rings. The zero-order chi connectivity index (χ0) is 8.72. The number of carboxylic acids is 1. The molecule has 12 heavy (non-hydrogen) atoms. The van der Waals surface area contributed by atoms with E-state index in [9.17, 15) is 9.59 Å². The summed E-state index contributed by atoms with van der Waals surface area (Å²) in [5.74, 6) is -1.19. The van der Waals surface area contributed by atoms with E-state index >= 15 is 0 Å². The van der Waals surface area contributed by atoms with Gasteiger partial charge in [-0.05, 0) is 18.8 Å². The SMILES string of the molecule is O=C(O)[C@H]1C[C@@H]2CNC(=O)[C@H]1C2. The first-order valence-electron chi connectivity index (χ1n) is 4.19. The molecule has 2 aliphatic rings. The summed E-state index contributed by atoms with van der Waals surface area (Å²) in [4.78, 5) is 21.9. The van der Waals surface area contributed by atoms with Crippen LogP contribution in [-0.2, 0) is 9.59 Å². The lowest BCUT2D eigenvalue weighted by Gasteiger charge is -2.19. The molecule has 2 N–H and O–H groups in total. The van der Waals surface area contributed by atoms with Crippen LogP contribution in [0.1, 0.15) is 12.8 Å². The van der Waals surface area contributed by atoms with Crippen LogP contribution < -0.4 is 5.32 Å². The maximum Gasteiger partial charge on any atom is 0.307 e. The van der Waals surface area contributed by atoms with Gasteiger partial charge in [0.15, 0.2) is 0 Å². The van der Waals surface area contributed by atoms with Gasteiger partial charge in [-0.3, -0.25) is 9.59 Å². The summed E-state index contributed by atoms with van der Waals surface area (Å²) in [6.07, 6.45) is 1.43.